The standard InChI is InChI=1S/C24H32N2O3/c1-21(19-25-14-17-28-18-15-25)26(20-22-9-4-2-5-10-22)24(27)13-8-16-29-23-11-6-3-7-12-23/h2-7,9-12,21H,8,13-20H2,1H3. The Kier molecular flexibility index (Phi) is 8.53. The zero-order chi connectivity index (χ0) is 20.3. The Hall–Kier alpha value is -2.37. The highest BCUT2D eigenvalue weighted by Gasteiger charge is 2.23. The minimum absolute atomic E-state index is 0.149. The third-order valence-corrected chi connectivity index (χ3v) is 5.22. The molecule has 0 spiro atoms. The highest BCUT2D eigenvalue weighted by Crippen LogP contribution is 2.14. The summed E-state index contributed by atoms with van der Waals surface area (Å²) in [7, 11) is 0. The number of hydrogen-bond acceptors (Lipinski definition) is 4. The van der Waals surface area contributed by atoms with Crippen LogP contribution in [0.2, 0.25) is 0 Å². The first kappa shape index (κ1) is 21.3. The number of ether oxygens (including phenoxy) is 2. The molecule has 0 aliphatic carbocycles. The lowest BCUT2D eigenvalue weighted by Crippen LogP contribution is -2.48. The number of rotatable bonds is 10. The van der Waals surface area contributed by atoms with Gasteiger partial charge in [-0.25, -0.2) is 0 Å². The van der Waals surface area contributed by atoms with Crippen molar-refractivity contribution < 1.29 is 14.3 Å². The summed E-state index contributed by atoms with van der Waals surface area (Å²) in [4.78, 5) is 17.5. The van der Waals surface area contributed by atoms with Gasteiger partial charge in [0.1, 0.15) is 5.75 Å². The predicted molar refractivity (Wildman–Crippen MR) is 115 cm³/mol. The lowest BCUT2D eigenvalue weighted by atomic mass is 10.1. The molecule has 1 heterocycles. The van der Waals surface area contributed by atoms with Crippen LogP contribution >= 0.6 is 0 Å². The maximum absolute atomic E-state index is 13.1. The fourth-order valence-corrected chi connectivity index (χ4v) is 3.60. The van der Waals surface area contributed by atoms with E-state index in [0.717, 1.165) is 44.2 Å². The van der Waals surface area contributed by atoms with Crippen molar-refractivity contribution in [3.05, 3.63) is 66.2 Å². The topological polar surface area (TPSA) is 42.0 Å². The molecule has 5 heteroatoms. The SMILES string of the molecule is CC(CN1CCOCC1)N(Cc1ccccc1)C(=O)CCCOc1ccccc1. The minimum Gasteiger partial charge on any atom is -0.494 e. The maximum atomic E-state index is 13.1. The van der Waals surface area contributed by atoms with E-state index in [-0.39, 0.29) is 11.9 Å². The van der Waals surface area contributed by atoms with E-state index in [1.807, 2.05) is 53.4 Å². The molecule has 1 amide bonds. The average molecular weight is 397 g/mol. The highest BCUT2D eigenvalue weighted by molar-refractivity contribution is 5.76. The third-order valence-electron chi connectivity index (χ3n) is 5.22. The number of morpholine rings is 1. The van der Waals surface area contributed by atoms with Gasteiger partial charge in [-0.1, -0.05) is 48.5 Å². The summed E-state index contributed by atoms with van der Waals surface area (Å²) in [6.07, 6.45) is 1.20. The van der Waals surface area contributed by atoms with Crippen molar-refractivity contribution >= 4 is 5.91 Å². The second-order valence-corrected chi connectivity index (χ2v) is 7.53. The molecule has 5 nitrogen and oxygen atoms in total. The number of para-hydroxylation sites is 1. The Morgan fingerprint density at radius 3 is 2.41 bits per heavy atom. The molecule has 1 aliphatic heterocycles. The monoisotopic (exact) mass is 396 g/mol. The Morgan fingerprint density at radius 1 is 1.07 bits per heavy atom. The molecule has 0 saturated carbocycles. The Bertz CT molecular complexity index is 717. The minimum atomic E-state index is 0.149. The smallest absolute Gasteiger partial charge is 0.223 e. The fourth-order valence-electron chi connectivity index (χ4n) is 3.60. The summed E-state index contributed by atoms with van der Waals surface area (Å²) in [5.41, 5.74) is 1.16. The molecule has 1 aliphatic rings. The largest absolute Gasteiger partial charge is 0.494 e. The summed E-state index contributed by atoms with van der Waals surface area (Å²) in [6, 6.07) is 20.1. The van der Waals surface area contributed by atoms with E-state index >= 15 is 0 Å². The molecular weight excluding hydrogens is 364 g/mol. The zero-order valence-electron chi connectivity index (χ0n) is 17.3. The van der Waals surface area contributed by atoms with Crippen LogP contribution in [0.25, 0.3) is 0 Å². The van der Waals surface area contributed by atoms with Gasteiger partial charge >= 0.3 is 0 Å². The summed E-state index contributed by atoms with van der Waals surface area (Å²) in [5, 5.41) is 0. The van der Waals surface area contributed by atoms with Crippen LogP contribution in [-0.4, -0.2) is 61.2 Å². The third kappa shape index (κ3) is 7.18. The maximum Gasteiger partial charge on any atom is 0.223 e. The molecule has 0 N–H and O–H groups in total. The van der Waals surface area contributed by atoms with Crippen molar-refractivity contribution in [3.8, 4) is 5.75 Å². The first-order valence-corrected chi connectivity index (χ1v) is 10.5. The van der Waals surface area contributed by atoms with Crippen molar-refractivity contribution in [2.24, 2.45) is 0 Å². The van der Waals surface area contributed by atoms with E-state index in [4.69, 9.17) is 9.47 Å². The van der Waals surface area contributed by atoms with Gasteiger partial charge in [0.25, 0.3) is 0 Å². The molecule has 0 aromatic heterocycles. The van der Waals surface area contributed by atoms with Crippen molar-refractivity contribution in [2.45, 2.75) is 32.4 Å². The Labute approximate surface area is 174 Å². The summed E-state index contributed by atoms with van der Waals surface area (Å²) in [6.45, 7) is 7.63. The van der Waals surface area contributed by atoms with Crippen molar-refractivity contribution in [1.82, 2.24) is 9.80 Å². The lowest BCUT2D eigenvalue weighted by Gasteiger charge is -2.35. The number of amides is 1. The van der Waals surface area contributed by atoms with Gasteiger partial charge in [0.15, 0.2) is 0 Å². The molecule has 0 bridgehead atoms. The predicted octanol–water partition coefficient (Wildman–Crippen LogP) is 3.60. The van der Waals surface area contributed by atoms with Gasteiger partial charge in [0, 0.05) is 38.6 Å². The van der Waals surface area contributed by atoms with E-state index in [9.17, 15) is 4.79 Å². The van der Waals surface area contributed by atoms with Gasteiger partial charge < -0.3 is 14.4 Å². The molecule has 1 saturated heterocycles. The van der Waals surface area contributed by atoms with Gasteiger partial charge in [-0.05, 0) is 31.0 Å². The van der Waals surface area contributed by atoms with Gasteiger partial charge in [-0.15, -0.1) is 0 Å². The van der Waals surface area contributed by atoms with E-state index in [2.05, 4.69) is 24.0 Å². The first-order valence-electron chi connectivity index (χ1n) is 10.5. The molecular formula is C24H32N2O3. The molecule has 29 heavy (non-hydrogen) atoms. The van der Waals surface area contributed by atoms with Crippen LogP contribution in [0.1, 0.15) is 25.3 Å². The van der Waals surface area contributed by atoms with Crippen molar-refractivity contribution in [1.29, 1.82) is 0 Å². The van der Waals surface area contributed by atoms with E-state index < -0.39 is 0 Å². The van der Waals surface area contributed by atoms with Crippen molar-refractivity contribution in [3.63, 3.8) is 0 Å². The lowest BCUT2D eigenvalue weighted by molar-refractivity contribution is -0.134. The second-order valence-electron chi connectivity index (χ2n) is 7.53. The molecule has 3 rings (SSSR count). The van der Waals surface area contributed by atoms with Gasteiger partial charge in [-0.3, -0.25) is 9.69 Å². The van der Waals surface area contributed by atoms with Crippen molar-refractivity contribution in [2.75, 3.05) is 39.5 Å². The fraction of sp³-hybridized carbons (Fsp3) is 0.458. The number of nitrogens with zero attached hydrogens (tertiary/aromatic N) is 2. The molecule has 1 unspecified atom stereocenters. The van der Waals surface area contributed by atoms with Crippen LogP contribution in [0.5, 0.6) is 5.75 Å². The Morgan fingerprint density at radius 2 is 1.72 bits per heavy atom. The summed E-state index contributed by atoms with van der Waals surface area (Å²) in [5.74, 6) is 1.04. The van der Waals surface area contributed by atoms with E-state index in [1.165, 1.54) is 0 Å². The second kappa shape index (κ2) is 11.6. The number of benzene rings is 2. The normalized spacial score (nSPS) is 15.6. The van der Waals surface area contributed by atoms with Gasteiger partial charge in [0.05, 0.1) is 19.8 Å². The van der Waals surface area contributed by atoms with Crippen LogP contribution in [0.4, 0.5) is 0 Å². The molecule has 1 atom stereocenters. The zero-order valence-corrected chi connectivity index (χ0v) is 17.3. The summed E-state index contributed by atoms with van der Waals surface area (Å²) < 4.78 is 11.2. The quantitative estimate of drug-likeness (QED) is 0.576. The molecule has 2 aromatic carbocycles. The Balaban J connectivity index is 1.54. The molecule has 2 aromatic rings. The number of carbonyl (C=O) groups is 1. The van der Waals surface area contributed by atoms with Crippen LogP contribution < -0.4 is 4.74 Å². The number of carbonyl (C=O) groups excluding carboxylic acids is 1. The van der Waals surface area contributed by atoms with Gasteiger partial charge in [0.2, 0.25) is 5.91 Å². The first-order chi connectivity index (χ1) is 14.2. The highest BCUT2D eigenvalue weighted by atomic mass is 16.5. The van der Waals surface area contributed by atoms with E-state index in [1.54, 1.807) is 0 Å². The average Bonchev–Trinajstić information content (AvgIpc) is 2.77. The molecule has 156 valence electrons. The van der Waals surface area contributed by atoms with E-state index in [0.29, 0.717) is 26.0 Å². The van der Waals surface area contributed by atoms with Crippen LogP contribution in [0, 0.1) is 0 Å². The van der Waals surface area contributed by atoms with Crippen LogP contribution in [0.15, 0.2) is 60.7 Å². The number of hydrogen-bond donors (Lipinski definition) is 0. The summed E-state index contributed by atoms with van der Waals surface area (Å²) >= 11 is 0. The molecule has 1 fully saturated rings. The van der Waals surface area contributed by atoms with Gasteiger partial charge in [-0.2, -0.15) is 0 Å². The van der Waals surface area contributed by atoms with Crippen LogP contribution in [0.3, 0.4) is 0 Å². The van der Waals surface area contributed by atoms with Crippen LogP contribution in [-0.2, 0) is 16.1 Å². The molecule has 0 radical (unpaired) electrons.